The molecule has 1 atom stereocenters. The number of halogens is 1. The molecule has 0 spiro atoms. The molecule has 2 heterocycles. The average molecular weight is 389 g/mol. The van der Waals surface area contributed by atoms with Gasteiger partial charge in [0.1, 0.15) is 5.82 Å². The zero-order valence-electron chi connectivity index (χ0n) is 15.2. The van der Waals surface area contributed by atoms with E-state index < -0.39 is 29.3 Å². The van der Waals surface area contributed by atoms with Crippen LogP contribution in [0.15, 0.2) is 53.1 Å². The van der Waals surface area contributed by atoms with Crippen molar-refractivity contribution in [2.24, 2.45) is 0 Å². The molecule has 0 fully saturated rings. The summed E-state index contributed by atoms with van der Waals surface area (Å²) in [6.07, 6.45) is 0.673. The van der Waals surface area contributed by atoms with Crippen LogP contribution in [0.1, 0.15) is 27.7 Å². The van der Waals surface area contributed by atoms with Crippen LogP contribution in [-0.4, -0.2) is 48.9 Å². The van der Waals surface area contributed by atoms with Crippen molar-refractivity contribution in [1.82, 2.24) is 4.90 Å². The number of thiophene rings is 1. The Morgan fingerprint density at radius 1 is 1.26 bits per heavy atom. The molecule has 2 N–H and O–H groups in total. The number of benzene rings is 1. The summed E-state index contributed by atoms with van der Waals surface area (Å²) in [4.78, 5) is 28.7. The van der Waals surface area contributed by atoms with Gasteiger partial charge in [0, 0.05) is 18.5 Å². The Hall–Kier alpha value is -2.51. The van der Waals surface area contributed by atoms with Gasteiger partial charge in [0.2, 0.25) is 5.78 Å². The number of hydrogen-bond acceptors (Lipinski definition) is 4. The standard InChI is InChI=1S/C20H21FN2O3S/c1-22(2)10-6-11-23-17(13-7-3-4-8-14(13)21)16(19(25)20(23)26)18(24)15-9-5-12-27-15/h3-5,7-9,12,17,25H,6,10-11H2,1-2H3/p+1/t17-/m0/s1. The maximum atomic E-state index is 14.5. The normalized spacial score (nSPS) is 17.3. The Kier molecular flexibility index (Phi) is 5.72. The van der Waals surface area contributed by atoms with Crippen LogP contribution < -0.4 is 4.90 Å². The lowest BCUT2D eigenvalue weighted by molar-refractivity contribution is -0.858. The Balaban J connectivity index is 2.02. The van der Waals surface area contributed by atoms with Gasteiger partial charge in [-0.1, -0.05) is 24.3 Å². The zero-order valence-corrected chi connectivity index (χ0v) is 16.1. The summed E-state index contributed by atoms with van der Waals surface area (Å²) >= 11 is 1.22. The molecule has 3 rings (SSSR count). The number of aliphatic hydroxyl groups is 1. The van der Waals surface area contributed by atoms with Crippen molar-refractivity contribution in [3.8, 4) is 0 Å². The lowest BCUT2D eigenvalue weighted by atomic mass is 9.95. The first-order valence-electron chi connectivity index (χ1n) is 8.77. The quantitative estimate of drug-likeness (QED) is 0.712. The van der Waals surface area contributed by atoms with Gasteiger partial charge in [-0.25, -0.2) is 4.39 Å². The number of nitrogens with one attached hydrogen (secondary N) is 1. The molecule has 2 aromatic rings. The number of aliphatic hydroxyl groups excluding tert-OH is 1. The highest BCUT2D eigenvalue weighted by atomic mass is 32.1. The first-order chi connectivity index (χ1) is 12.9. The van der Waals surface area contributed by atoms with Crippen LogP contribution in [0, 0.1) is 5.82 Å². The predicted octanol–water partition coefficient (Wildman–Crippen LogP) is 2.00. The summed E-state index contributed by atoms with van der Waals surface area (Å²) in [5.74, 6) is -2.16. The van der Waals surface area contributed by atoms with Gasteiger partial charge in [-0.05, 0) is 17.5 Å². The SMILES string of the molecule is C[NH+](C)CCCN1C(=O)C(O)=C(C(=O)c2cccs2)[C@@H]1c1ccccc1F. The molecule has 27 heavy (non-hydrogen) atoms. The number of Topliss-reactive ketones (excluding diaryl/α,β-unsaturated/α-hetero) is 1. The highest BCUT2D eigenvalue weighted by Gasteiger charge is 2.44. The Morgan fingerprint density at radius 3 is 2.63 bits per heavy atom. The van der Waals surface area contributed by atoms with Gasteiger partial charge in [0.05, 0.1) is 37.1 Å². The summed E-state index contributed by atoms with van der Waals surface area (Å²) in [6.45, 7) is 1.14. The largest absolute Gasteiger partial charge is 0.503 e. The molecule has 0 saturated carbocycles. The maximum Gasteiger partial charge on any atom is 0.290 e. The molecule has 1 aromatic heterocycles. The summed E-state index contributed by atoms with van der Waals surface area (Å²) < 4.78 is 14.5. The Bertz CT molecular complexity index is 877. The van der Waals surface area contributed by atoms with Crippen molar-refractivity contribution in [3.05, 3.63) is 69.4 Å². The molecule has 5 nitrogen and oxygen atoms in total. The second-order valence-corrected chi connectivity index (χ2v) is 7.75. The van der Waals surface area contributed by atoms with E-state index in [-0.39, 0.29) is 11.1 Å². The van der Waals surface area contributed by atoms with Crippen LogP contribution in [0.25, 0.3) is 0 Å². The number of carbonyl (C=O) groups excluding carboxylic acids is 2. The van der Waals surface area contributed by atoms with E-state index in [1.807, 2.05) is 14.1 Å². The van der Waals surface area contributed by atoms with E-state index in [1.54, 1.807) is 35.7 Å². The van der Waals surface area contributed by atoms with E-state index >= 15 is 0 Å². The Morgan fingerprint density at radius 2 is 2.00 bits per heavy atom. The minimum atomic E-state index is -0.925. The summed E-state index contributed by atoms with van der Waals surface area (Å²) in [5.41, 5.74) is 0.164. The van der Waals surface area contributed by atoms with Gasteiger partial charge in [-0.3, -0.25) is 9.59 Å². The third-order valence-electron chi connectivity index (χ3n) is 4.57. The Labute approximate surface area is 161 Å². The van der Waals surface area contributed by atoms with E-state index in [4.69, 9.17) is 0 Å². The number of hydrogen-bond donors (Lipinski definition) is 2. The maximum absolute atomic E-state index is 14.5. The average Bonchev–Trinajstić information content (AvgIpc) is 3.24. The van der Waals surface area contributed by atoms with Crippen LogP contribution in [0.3, 0.4) is 0 Å². The minimum Gasteiger partial charge on any atom is -0.503 e. The molecule has 1 aliphatic heterocycles. The topological polar surface area (TPSA) is 62.1 Å². The number of rotatable bonds is 7. The fraction of sp³-hybridized carbons (Fsp3) is 0.300. The zero-order chi connectivity index (χ0) is 19.6. The third-order valence-corrected chi connectivity index (χ3v) is 5.44. The highest BCUT2D eigenvalue weighted by Crippen LogP contribution is 2.40. The minimum absolute atomic E-state index is 0.0512. The fourth-order valence-corrected chi connectivity index (χ4v) is 3.96. The number of quaternary nitrogens is 1. The monoisotopic (exact) mass is 389 g/mol. The molecule has 0 unspecified atom stereocenters. The van der Waals surface area contributed by atoms with Crippen LogP contribution in [0.5, 0.6) is 0 Å². The second-order valence-electron chi connectivity index (χ2n) is 6.80. The van der Waals surface area contributed by atoms with Gasteiger partial charge < -0.3 is 14.9 Å². The van der Waals surface area contributed by atoms with Gasteiger partial charge in [-0.15, -0.1) is 11.3 Å². The van der Waals surface area contributed by atoms with Crippen LogP contribution in [-0.2, 0) is 4.79 Å². The molecule has 7 heteroatoms. The summed E-state index contributed by atoms with van der Waals surface area (Å²) in [6, 6.07) is 8.50. The molecule has 1 aliphatic rings. The molecular formula is C20H22FN2O3S+. The van der Waals surface area contributed by atoms with Crippen molar-refractivity contribution < 1.29 is 24.0 Å². The van der Waals surface area contributed by atoms with Crippen LogP contribution >= 0.6 is 11.3 Å². The summed E-state index contributed by atoms with van der Waals surface area (Å²) in [7, 11) is 4.00. The predicted molar refractivity (Wildman–Crippen MR) is 101 cm³/mol. The van der Waals surface area contributed by atoms with Gasteiger partial charge in [0.15, 0.2) is 5.76 Å². The fourth-order valence-electron chi connectivity index (χ4n) is 3.28. The van der Waals surface area contributed by atoms with Crippen LogP contribution in [0.4, 0.5) is 4.39 Å². The molecule has 0 saturated heterocycles. The van der Waals surface area contributed by atoms with E-state index in [2.05, 4.69) is 0 Å². The van der Waals surface area contributed by atoms with E-state index in [1.165, 1.54) is 27.2 Å². The molecule has 1 aromatic carbocycles. The van der Waals surface area contributed by atoms with Crippen molar-refractivity contribution >= 4 is 23.0 Å². The first-order valence-corrected chi connectivity index (χ1v) is 9.65. The number of carbonyl (C=O) groups is 2. The smallest absolute Gasteiger partial charge is 0.290 e. The molecular weight excluding hydrogens is 367 g/mol. The molecule has 0 aliphatic carbocycles. The van der Waals surface area contributed by atoms with Crippen molar-refractivity contribution in [2.75, 3.05) is 27.2 Å². The molecule has 1 amide bonds. The molecule has 0 bridgehead atoms. The van der Waals surface area contributed by atoms with E-state index in [0.717, 1.165) is 6.54 Å². The molecule has 142 valence electrons. The second kappa shape index (κ2) is 8.02. The number of nitrogens with zero attached hydrogens (tertiary/aromatic N) is 1. The number of ketones is 1. The van der Waals surface area contributed by atoms with Crippen molar-refractivity contribution in [2.45, 2.75) is 12.5 Å². The van der Waals surface area contributed by atoms with Crippen molar-refractivity contribution in [3.63, 3.8) is 0 Å². The van der Waals surface area contributed by atoms with Crippen LogP contribution in [0.2, 0.25) is 0 Å². The molecule has 0 radical (unpaired) electrons. The van der Waals surface area contributed by atoms with E-state index in [0.29, 0.717) is 17.8 Å². The summed E-state index contributed by atoms with van der Waals surface area (Å²) in [5, 5.41) is 12.2. The highest BCUT2D eigenvalue weighted by molar-refractivity contribution is 7.12. The lowest BCUT2D eigenvalue weighted by Crippen LogP contribution is -3.05. The van der Waals surface area contributed by atoms with Gasteiger partial charge in [0.25, 0.3) is 5.91 Å². The van der Waals surface area contributed by atoms with Gasteiger partial charge in [-0.2, -0.15) is 0 Å². The van der Waals surface area contributed by atoms with E-state index in [9.17, 15) is 19.1 Å². The third kappa shape index (κ3) is 3.79. The lowest BCUT2D eigenvalue weighted by Gasteiger charge is -2.27. The first kappa shape index (κ1) is 19.3. The van der Waals surface area contributed by atoms with Gasteiger partial charge >= 0.3 is 0 Å². The number of amides is 1. The van der Waals surface area contributed by atoms with Crippen molar-refractivity contribution in [1.29, 1.82) is 0 Å².